The maximum atomic E-state index is 11.6. The van der Waals surface area contributed by atoms with Crippen molar-refractivity contribution in [3.05, 3.63) is 34.3 Å². The van der Waals surface area contributed by atoms with Crippen LogP contribution in [0.3, 0.4) is 0 Å². The van der Waals surface area contributed by atoms with E-state index in [2.05, 4.69) is 15.9 Å². The summed E-state index contributed by atoms with van der Waals surface area (Å²) in [6.07, 6.45) is 0. The lowest BCUT2D eigenvalue weighted by Crippen LogP contribution is -2.24. The van der Waals surface area contributed by atoms with Crippen LogP contribution in [0.25, 0.3) is 0 Å². The molecular weight excluding hydrogens is 258 g/mol. The van der Waals surface area contributed by atoms with Gasteiger partial charge in [-0.1, -0.05) is 34.1 Å². The van der Waals surface area contributed by atoms with E-state index in [1.165, 1.54) is 0 Å². The van der Waals surface area contributed by atoms with Gasteiger partial charge in [-0.3, -0.25) is 4.79 Å². The van der Waals surface area contributed by atoms with Crippen LogP contribution in [0.4, 0.5) is 0 Å². The van der Waals surface area contributed by atoms with E-state index in [0.29, 0.717) is 6.61 Å². The molecule has 2 N–H and O–H groups in total. The third-order valence-electron chi connectivity index (χ3n) is 2.09. The average molecular weight is 272 g/mol. The molecule has 0 heterocycles. The second-order valence-electron chi connectivity index (χ2n) is 3.06. The van der Waals surface area contributed by atoms with Gasteiger partial charge in [-0.2, -0.15) is 0 Å². The van der Waals surface area contributed by atoms with Gasteiger partial charge in [-0.25, -0.2) is 0 Å². The quantitative estimate of drug-likeness (QED) is 0.853. The maximum absolute atomic E-state index is 11.6. The molecule has 1 atom stereocenters. The van der Waals surface area contributed by atoms with E-state index >= 15 is 0 Å². The van der Waals surface area contributed by atoms with Gasteiger partial charge in [0.1, 0.15) is 0 Å². The van der Waals surface area contributed by atoms with Crippen molar-refractivity contribution in [1.29, 1.82) is 0 Å². The molecule has 3 nitrogen and oxygen atoms in total. The van der Waals surface area contributed by atoms with Crippen molar-refractivity contribution in [3.8, 4) is 0 Å². The lowest BCUT2D eigenvalue weighted by Gasteiger charge is -2.14. The fourth-order valence-electron chi connectivity index (χ4n) is 1.35. The molecule has 82 valence electrons. The van der Waals surface area contributed by atoms with E-state index in [0.717, 1.165) is 10.0 Å². The molecule has 0 aliphatic carbocycles. The van der Waals surface area contributed by atoms with Gasteiger partial charge in [0, 0.05) is 11.0 Å². The predicted molar refractivity (Wildman–Crippen MR) is 62.6 cm³/mol. The van der Waals surface area contributed by atoms with E-state index in [1.807, 2.05) is 24.3 Å². The summed E-state index contributed by atoms with van der Waals surface area (Å²) in [5.41, 5.74) is 6.46. The zero-order valence-corrected chi connectivity index (χ0v) is 10.2. The molecule has 15 heavy (non-hydrogen) atoms. The van der Waals surface area contributed by atoms with Gasteiger partial charge in [-0.05, 0) is 18.6 Å². The topological polar surface area (TPSA) is 52.3 Å². The molecule has 0 aromatic heterocycles. The monoisotopic (exact) mass is 271 g/mol. The molecule has 0 aliphatic rings. The van der Waals surface area contributed by atoms with Crippen LogP contribution in [0.5, 0.6) is 0 Å². The van der Waals surface area contributed by atoms with Crippen LogP contribution < -0.4 is 5.73 Å². The van der Waals surface area contributed by atoms with Gasteiger partial charge in [0.25, 0.3) is 0 Å². The van der Waals surface area contributed by atoms with Crippen molar-refractivity contribution in [3.63, 3.8) is 0 Å². The van der Waals surface area contributed by atoms with Crippen LogP contribution in [0.2, 0.25) is 0 Å². The second kappa shape index (κ2) is 5.88. The number of rotatable bonds is 4. The second-order valence-corrected chi connectivity index (χ2v) is 3.92. The number of esters is 1. The molecule has 0 bridgehead atoms. The van der Waals surface area contributed by atoms with Crippen LogP contribution in [0.1, 0.15) is 18.4 Å². The van der Waals surface area contributed by atoms with Gasteiger partial charge in [0.15, 0.2) is 0 Å². The van der Waals surface area contributed by atoms with Gasteiger partial charge in [0.05, 0.1) is 12.5 Å². The first-order chi connectivity index (χ1) is 7.20. The highest BCUT2D eigenvalue weighted by Crippen LogP contribution is 2.25. The summed E-state index contributed by atoms with van der Waals surface area (Å²) in [4.78, 5) is 11.6. The van der Waals surface area contributed by atoms with Crippen molar-refractivity contribution >= 4 is 21.9 Å². The Bertz CT molecular complexity index is 341. The summed E-state index contributed by atoms with van der Waals surface area (Å²) in [6.45, 7) is 2.41. The number of carbonyl (C=O) groups excluding carboxylic acids is 1. The Morgan fingerprint density at radius 3 is 2.73 bits per heavy atom. The first-order valence-corrected chi connectivity index (χ1v) is 5.61. The normalized spacial score (nSPS) is 12.2. The first-order valence-electron chi connectivity index (χ1n) is 4.81. The number of hydrogen-bond acceptors (Lipinski definition) is 3. The number of nitrogens with two attached hydrogens (primary N) is 1. The van der Waals surface area contributed by atoms with Crippen molar-refractivity contribution in [1.82, 2.24) is 0 Å². The average Bonchev–Trinajstić information content (AvgIpc) is 2.22. The number of hydrogen-bond donors (Lipinski definition) is 1. The highest BCUT2D eigenvalue weighted by atomic mass is 79.9. The van der Waals surface area contributed by atoms with Crippen LogP contribution >= 0.6 is 15.9 Å². The van der Waals surface area contributed by atoms with E-state index in [9.17, 15) is 4.79 Å². The number of halogens is 1. The van der Waals surface area contributed by atoms with Crippen molar-refractivity contribution in [2.24, 2.45) is 5.73 Å². The molecule has 1 rings (SSSR count). The lowest BCUT2D eigenvalue weighted by atomic mass is 10.00. The Hall–Kier alpha value is -0.870. The van der Waals surface area contributed by atoms with Gasteiger partial charge in [-0.15, -0.1) is 0 Å². The molecule has 0 aliphatic heterocycles. The van der Waals surface area contributed by atoms with Crippen LogP contribution in [0.15, 0.2) is 28.7 Å². The largest absolute Gasteiger partial charge is 0.465 e. The van der Waals surface area contributed by atoms with Gasteiger partial charge < -0.3 is 10.5 Å². The Labute approximate surface area is 97.7 Å². The molecular formula is C11H14BrNO2. The summed E-state index contributed by atoms with van der Waals surface area (Å²) < 4.78 is 5.85. The summed E-state index contributed by atoms with van der Waals surface area (Å²) in [5, 5.41) is 0. The Morgan fingerprint density at radius 1 is 1.53 bits per heavy atom. The van der Waals surface area contributed by atoms with Crippen molar-refractivity contribution < 1.29 is 9.53 Å². The first kappa shape index (κ1) is 12.2. The zero-order valence-electron chi connectivity index (χ0n) is 8.57. The van der Waals surface area contributed by atoms with E-state index in [1.54, 1.807) is 6.92 Å². The number of carbonyl (C=O) groups is 1. The molecule has 0 spiro atoms. The highest BCUT2D eigenvalue weighted by Gasteiger charge is 2.21. The Morgan fingerprint density at radius 2 is 2.20 bits per heavy atom. The molecule has 0 amide bonds. The zero-order chi connectivity index (χ0) is 11.3. The van der Waals surface area contributed by atoms with Gasteiger partial charge >= 0.3 is 5.97 Å². The molecule has 4 heteroatoms. The Kier molecular flexibility index (Phi) is 4.78. The minimum absolute atomic E-state index is 0.251. The molecule has 0 radical (unpaired) electrons. The predicted octanol–water partition coefficient (Wildman–Crippen LogP) is 2.05. The fraction of sp³-hybridized carbons (Fsp3) is 0.364. The number of ether oxygens (including phenoxy) is 1. The Balaban J connectivity index is 2.92. The van der Waals surface area contributed by atoms with Crippen LogP contribution in [-0.2, 0) is 9.53 Å². The maximum Gasteiger partial charge on any atom is 0.314 e. The minimum atomic E-state index is -0.388. The SMILES string of the molecule is CCOC(=O)C(CN)c1ccccc1Br. The third kappa shape index (κ3) is 3.04. The lowest BCUT2D eigenvalue weighted by molar-refractivity contribution is -0.144. The van der Waals surface area contributed by atoms with E-state index in [4.69, 9.17) is 10.5 Å². The molecule has 1 aromatic rings. The summed E-state index contributed by atoms with van der Waals surface area (Å²) in [7, 11) is 0. The third-order valence-corrected chi connectivity index (χ3v) is 2.81. The fourth-order valence-corrected chi connectivity index (χ4v) is 1.91. The summed E-state index contributed by atoms with van der Waals surface area (Å²) in [6, 6.07) is 7.53. The smallest absolute Gasteiger partial charge is 0.314 e. The van der Waals surface area contributed by atoms with Gasteiger partial charge in [0.2, 0.25) is 0 Å². The van der Waals surface area contributed by atoms with E-state index in [-0.39, 0.29) is 18.4 Å². The number of benzene rings is 1. The van der Waals surface area contributed by atoms with E-state index < -0.39 is 0 Å². The molecule has 1 aromatic carbocycles. The highest BCUT2D eigenvalue weighted by molar-refractivity contribution is 9.10. The minimum Gasteiger partial charge on any atom is -0.465 e. The van der Waals surface area contributed by atoms with Crippen LogP contribution in [0, 0.1) is 0 Å². The molecule has 0 saturated heterocycles. The summed E-state index contributed by atoms with van der Waals surface area (Å²) >= 11 is 3.39. The summed E-state index contributed by atoms with van der Waals surface area (Å²) in [5.74, 6) is -0.660. The molecule has 0 saturated carbocycles. The molecule has 1 unspecified atom stereocenters. The van der Waals surface area contributed by atoms with Crippen molar-refractivity contribution in [2.45, 2.75) is 12.8 Å². The molecule has 0 fully saturated rings. The van der Waals surface area contributed by atoms with Crippen LogP contribution in [-0.4, -0.2) is 19.1 Å². The standard InChI is InChI=1S/C11H14BrNO2/c1-2-15-11(14)9(7-13)8-5-3-4-6-10(8)12/h3-6,9H,2,7,13H2,1H3. The van der Waals surface area contributed by atoms with Crippen molar-refractivity contribution in [2.75, 3.05) is 13.2 Å².